The molecular formula is C12H27N3O. The van der Waals surface area contributed by atoms with Crippen LogP contribution in [0.25, 0.3) is 0 Å². The standard InChI is InChI=1S/C6H14N2.C6H13NO/c1-7-6-2-4-8-5-3-6;1-2-6-5-7-3-4-8-6/h6-8H,2-5H2,1H3;6-7H,2-5H2,1H3. The van der Waals surface area contributed by atoms with Gasteiger partial charge in [-0.25, -0.2) is 0 Å². The van der Waals surface area contributed by atoms with Gasteiger partial charge < -0.3 is 20.7 Å². The summed E-state index contributed by atoms with van der Waals surface area (Å²) in [6.45, 7) is 7.47. The maximum atomic E-state index is 5.36. The van der Waals surface area contributed by atoms with Gasteiger partial charge in [-0.15, -0.1) is 0 Å². The van der Waals surface area contributed by atoms with E-state index in [-0.39, 0.29) is 0 Å². The Labute approximate surface area is 99.5 Å². The molecule has 0 aliphatic carbocycles. The fraction of sp³-hybridized carbons (Fsp3) is 1.00. The number of rotatable bonds is 2. The molecule has 96 valence electrons. The summed E-state index contributed by atoms with van der Waals surface area (Å²) in [4.78, 5) is 0. The van der Waals surface area contributed by atoms with Crippen molar-refractivity contribution in [3.8, 4) is 0 Å². The largest absolute Gasteiger partial charge is 0.376 e. The molecule has 16 heavy (non-hydrogen) atoms. The van der Waals surface area contributed by atoms with E-state index in [1.807, 2.05) is 7.05 Å². The molecule has 2 saturated heterocycles. The first-order valence-electron chi connectivity index (χ1n) is 6.57. The van der Waals surface area contributed by atoms with Gasteiger partial charge in [-0.2, -0.15) is 0 Å². The Hall–Kier alpha value is -0.160. The van der Waals surface area contributed by atoms with Crippen molar-refractivity contribution in [2.24, 2.45) is 0 Å². The topological polar surface area (TPSA) is 45.3 Å². The number of ether oxygens (including phenoxy) is 1. The summed E-state index contributed by atoms with van der Waals surface area (Å²) in [5.41, 5.74) is 0. The zero-order chi connectivity index (χ0) is 11.6. The second-order valence-corrected chi connectivity index (χ2v) is 4.42. The Balaban J connectivity index is 0.000000160. The van der Waals surface area contributed by atoms with Crippen LogP contribution in [0.5, 0.6) is 0 Å². The second-order valence-electron chi connectivity index (χ2n) is 4.42. The second kappa shape index (κ2) is 8.93. The summed E-state index contributed by atoms with van der Waals surface area (Å²) < 4.78 is 5.36. The van der Waals surface area contributed by atoms with Gasteiger partial charge in [0.2, 0.25) is 0 Å². The Morgan fingerprint density at radius 1 is 1.19 bits per heavy atom. The van der Waals surface area contributed by atoms with Crippen molar-refractivity contribution < 1.29 is 4.74 Å². The first-order valence-corrected chi connectivity index (χ1v) is 6.57. The lowest BCUT2D eigenvalue weighted by Gasteiger charge is -2.21. The zero-order valence-corrected chi connectivity index (χ0v) is 10.7. The van der Waals surface area contributed by atoms with Crippen molar-refractivity contribution in [2.45, 2.75) is 38.3 Å². The normalized spacial score (nSPS) is 27.0. The minimum atomic E-state index is 0.476. The minimum Gasteiger partial charge on any atom is -0.376 e. The average Bonchev–Trinajstić information content (AvgIpc) is 2.41. The van der Waals surface area contributed by atoms with Crippen LogP contribution in [0.3, 0.4) is 0 Å². The average molecular weight is 229 g/mol. The quantitative estimate of drug-likeness (QED) is 0.639. The summed E-state index contributed by atoms with van der Waals surface area (Å²) in [6.07, 6.45) is 4.18. The third kappa shape index (κ3) is 5.80. The zero-order valence-electron chi connectivity index (χ0n) is 10.7. The molecule has 1 unspecified atom stereocenters. The number of nitrogens with one attached hydrogen (secondary N) is 3. The van der Waals surface area contributed by atoms with Crippen molar-refractivity contribution >= 4 is 0 Å². The highest BCUT2D eigenvalue weighted by Gasteiger charge is 2.09. The van der Waals surface area contributed by atoms with E-state index in [2.05, 4.69) is 22.9 Å². The molecule has 0 aromatic rings. The molecule has 0 saturated carbocycles. The van der Waals surface area contributed by atoms with Crippen LogP contribution < -0.4 is 16.0 Å². The molecule has 0 aromatic heterocycles. The summed E-state index contributed by atoms with van der Waals surface area (Å²) in [6, 6.07) is 0.774. The van der Waals surface area contributed by atoms with Gasteiger partial charge in [0.25, 0.3) is 0 Å². The van der Waals surface area contributed by atoms with Crippen molar-refractivity contribution in [2.75, 3.05) is 39.8 Å². The number of piperidine rings is 1. The van der Waals surface area contributed by atoms with Crippen molar-refractivity contribution in [1.29, 1.82) is 0 Å². The first-order chi connectivity index (χ1) is 7.86. The maximum absolute atomic E-state index is 5.36. The molecule has 4 heteroatoms. The fourth-order valence-corrected chi connectivity index (χ4v) is 1.99. The van der Waals surface area contributed by atoms with Gasteiger partial charge >= 0.3 is 0 Å². The van der Waals surface area contributed by atoms with Crippen LogP contribution in [0.4, 0.5) is 0 Å². The SMILES string of the molecule is CCC1CNCCO1.CNC1CCNCC1. The van der Waals surface area contributed by atoms with E-state index in [1.165, 1.54) is 25.9 Å². The predicted octanol–water partition coefficient (Wildman–Crippen LogP) is 0.343. The van der Waals surface area contributed by atoms with Gasteiger partial charge in [-0.1, -0.05) is 6.92 Å². The first kappa shape index (κ1) is 13.9. The van der Waals surface area contributed by atoms with Gasteiger partial charge in [-0.3, -0.25) is 0 Å². The molecule has 0 amide bonds. The molecule has 3 N–H and O–H groups in total. The van der Waals surface area contributed by atoms with E-state index >= 15 is 0 Å². The highest BCUT2D eigenvalue weighted by molar-refractivity contribution is 4.71. The molecule has 2 rings (SSSR count). The van der Waals surface area contributed by atoms with Crippen molar-refractivity contribution in [1.82, 2.24) is 16.0 Å². The number of morpholine rings is 1. The molecule has 4 nitrogen and oxygen atoms in total. The van der Waals surface area contributed by atoms with Gasteiger partial charge in [0, 0.05) is 19.1 Å². The molecule has 2 fully saturated rings. The van der Waals surface area contributed by atoms with Crippen LogP contribution in [-0.2, 0) is 4.74 Å². The molecule has 0 spiro atoms. The molecule has 0 radical (unpaired) electrons. The summed E-state index contributed by atoms with van der Waals surface area (Å²) in [5, 5.41) is 9.83. The molecular weight excluding hydrogens is 202 g/mol. The lowest BCUT2D eigenvalue weighted by atomic mass is 10.1. The minimum absolute atomic E-state index is 0.476. The summed E-state index contributed by atoms with van der Waals surface area (Å²) in [7, 11) is 2.04. The monoisotopic (exact) mass is 229 g/mol. The van der Waals surface area contributed by atoms with E-state index in [4.69, 9.17) is 4.74 Å². The van der Waals surface area contributed by atoms with Crippen LogP contribution in [0.1, 0.15) is 26.2 Å². The molecule has 2 aliphatic heterocycles. The van der Waals surface area contributed by atoms with E-state index in [9.17, 15) is 0 Å². The van der Waals surface area contributed by atoms with Crippen LogP contribution in [-0.4, -0.2) is 52.0 Å². The van der Waals surface area contributed by atoms with Gasteiger partial charge in [0.1, 0.15) is 0 Å². The third-order valence-electron chi connectivity index (χ3n) is 3.21. The highest BCUT2D eigenvalue weighted by atomic mass is 16.5. The summed E-state index contributed by atoms with van der Waals surface area (Å²) in [5.74, 6) is 0. The van der Waals surface area contributed by atoms with E-state index in [0.29, 0.717) is 6.10 Å². The maximum Gasteiger partial charge on any atom is 0.0697 e. The predicted molar refractivity (Wildman–Crippen MR) is 67.9 cm³/mol. The Morgan fingerprint density at radius 3 is 2.31 bits per heavy atom. The van der Waals surface area contributed by atoms with Gasteiger partial charge in [0.05, 0.1) is 12.7 Å². The Bertz CT molecular complexity index is 136. The lowest BCUT2D eigenvalue weighted by Crippen LogP contribution is -2.37. The number of hydrogen-bond acceptors (Lipinski definition) is 4. The Kier molecular flexibility index (Phi) is 7.76. The van der Waals surface area contributed by atoms with Gasteiger partial charge in [-0.05, 0) is 39.4 Å². The van der Waals surface area contributed by atoms with Crippen LogP contribution >= 0.6 is 0 Å². The van der Waals surface area contributed by atoms with Gasteiger partial charge in [0.15, 0.2) is 0 Å². The van der Waals surface area contributed by atoms with Crippen LogP contribution in [0.2, 0.25) is 0 Å². The smallest absolute Gasteiger partial charge is 0.0697 e. The lowest BCUT2D eigenvalue weighted by molar-refractivity contribution is 0.0267. The summed E-state index contributed by atoms with van der Waals surface area (Å²) >= 11 is 0. The van der Waals surface area contributed by atoms with E-state index in [1.54, 1.807) is 0 Å². The third-order valence-corrected chi connectivity index (χ3v) is 3.21. The molecule has 0 bridgehead atoms. The molecule has 1 atom stereocenters. The van der Waals surface area contributed by atoms with Crippen molar-refractivity contribution in [3.05, 3.63) is 0 Å². The highest BCUT2D eigenvalue weighted by Crippen LogP contribution is 1.99. The molecule has 0 aromatic carbocycles. The van der Waals surface area contributed by atoms with Crippen LogP contribution in [0, 0.1) is 0 Å². The fourth-order valence-electron chi connectivity index (χ4n) is 1.99. The van der Waals surface area contributed by atoms with E-state index in [0.717, 1.165) is 32.2 Å². The molecule has 2 heterocycles. The van der Waals surface area contributed by atoms with Crippen LogP contribution in [0.15, 0.2) is 0 Å². The number of hydrogen-bond donors (Lipinski definition) is 3. The Morgan fingerprint density at radius 2 is 1.94 bits per heavy atom. The van der Waals surface area contributed by atoms with E-state index < -0.39 is 0 Å². The van der Waals surface area contributed by atoms with Crippen molar-refractivity contribution in [3.63, 3.8) is 0 Å². The molecule has 2 aliphatic rings.